The first-order valence-corrected chi connectivity index (χ1v) is 8.70. The van der Waals surface area contributed by atoms with Crippen molar-refractivity contribution in [1.29, 1.82) is 0 Å². The van der Waals surface area contributed by atoms with Crippen LogP contribution in [-0.2, 0) is 5.54 Å². The van der Waals surface area contributed by atoms with Crippen molar-refractivity contribution < 1.29 is 5.11 Å². The Bertz CT molecular complexity index is 360. The highest BCUT2D eigenvalue weighted by atomic mass is 16.3. The Morgan fingerprint density at radius 3 is 1.71 bits per heavy atom. The van der Waals surface area contributed by atoms with Gasteiger partial charge in [0.25, 0.3) is 0 Å². The minimum absolute atomic E-state index is 0.227. The third kappa shape index (κ3) is 6.52. The summed E-state index contributed by atoms with van der Waals surface area (Å²) in [5, 5.41) is 9.47. The second-order valence-electron chi connectivity index (χ2n) is 6.32. The molecule has 0 radical (unpaired) electrons. The van der Waals surface area contributed by atoms with Crippen molar-refractivity contribution in [3.05, 3.63) is 29.8 Å². The lowest BCUT2D eigenvalue weighted by atomic mass is 9.81. The lowest BCUT2D eigenvalue weighted by Crippen LogP contribution is -2.36. The Balaban J connectivity index is 2.65. The van der Waals surface area contributed by atoms with E-state index in [1.54, 1.807) is 12.1 Å². The van der Waals surface area contributed by atoms with E-state index in [9.17, 15) is 5.11 Å². The molecule has 1 aromatic carbocycles. The molecule has 0 spiro atoms. The molecule has 0 aromatic heterocycles. The molecule has 0 aliphatic carbocycles. The maximum absolute atomic E-state index is 9.47. The van der Waals surface area contributed by atoms with Crippen LogP contribution in [0.15, 0.2) is 24.3 Å². The highest BCUT2D eigenvalue weighted by molar-refractivity contribution is 5.30. The molecule has 0 aliphatic rings. The van der Waals surface area contributed by atoms with Crippen LogP contribution in [-0.4, -0.2) is 5.11 Å². The van der Waals surface area contributed by atoms with Crippen molar-refractivity contribution in [3.63, 3.8) is 0 Å². The highest BCUT2D eigenvalue weighted by Gasteiger charge is 2.26. The number of unbranched alkanes of at least 4 members (excludes halogenated alkanes) is 6. The van der Waals surface area contributed by atoms with Gasteiger partial charge in [0.1, 0.15) is 5.75 Å². The zero-order chi connectivity index (χ0) is 15.6. The van der Waals surface area contributed by atoms with Crippen molar-refractivity contribution >= 4 is 0 Å². The predicted molar refractivity (Wildman–Crippen MR) is 91.5 cm³/mol. The first-order valence-electron chi connectivity index (χ1n) is 8.70. The number of aromatic hydroxyl groups is 1. The summed E-state index contributed by atoms with van der Waals surface area (Å²) >= 11 is 0. The molecule has 21 heavy (non-hydrogen) atoms. The van der Waals surface area contributed by atoms with Gasteiger partial charge in [0, 0.05) is 5.54 Å². The zero-order valence-corrected chi connectivity index (χ0v) is 13.9. The molecule has 0 fully saturated rings. The zero-order valence-electron chi connectivity index (χ0n) is 13.9. The summed E-state index contributed by atoms with van der Waals surface area (Å²) < 4.78 is 0. The Labute approximate surface area is 130 Å². The van der Waals surface area contributed by atoms with E-state index in [2.05, 4.69) is 13.8 Å². The van der Waals surface area contributed by atoms with Crippen molar-refractivity contribution in [1.82, 2.24) is 0 Å². The topological polar surface area (TPSA) is 46.2 Å². The summed E-state index contributed by atoms with van der Waals surface area (Å²) in [7, 11) is 0. The molecule has 0 unspecified atom stereocenters. The van der Waals surface area contributed by atoms with Crippen LogP contribution in [0.3, 0.4) is 0 Å². The molecule has 0 saturated carbocycles. The molecule has 0 saturated heterocycles. The van der Waals surface area contributed by atoms with E-state index in [1.807, 2.05) is 12.1 Å². The average Bonchev–Trinajstić information content (AvgIpc) is 2.49. The fourth-order valence-electron chi connectivity index (χ4n) is 2.94. The molecule has 0 atom stereocenters. The highest BCUT2D eigenvalue weighted by Crippen LogP contribution is 2.31. The van der Waals surface area contributed by atoms with Crippen LogP contribution in [0, 0.1) is 0 Å². The molecule has 0 bridgehead atoms. The normalized spacial score (nSPS) is 11.8. The number of hydrogen-bond donors (Lipinski definition) is 2. The van der Waals surface area contributed by atoms with Crippen LogP contribution in [0.2, 0.25) is 0 Å². The number of phenolic OH excluding ortho intramolecular Hbond substituents is 1. The molecule has 120 valence electrons. The summed E-state index contributed by atoms with van der Waals surface area (Å²) in [5.41, 5.74) is 7.70. The first-order chi connectivity index (χ1) is 10.1. The van der Waals surface area contributed by atoms with E-state index in [4.69, 9.17) is 5.73 Å². The van der Waals surface area contributed by atoms with E-state index in [1.165, 1.54) is 56.9 Å². The van der Waals surface area contributed by atoms with Gasteiger partial charge in [-0.1, -0.05) is 77.3 Å². The maximum Gasteiger partial charge on any atom is 0.115 e. The van der Waals surface area contributed by atoms with Crippen LogP contribution in [0.4, 0.5) is 0 Å². The Morgan fingerprint density at radius 2 is 1.29 bits per heavy atom. The smallest absolute Gasteiger partial charge is 0.115 e. The SMILES string of the molecule is CCCCCCC(N)(CCCCCC)c1ccc(O)cc1. The summed E-state index contributed by atoms with van der Waals surface area (Å²) in [6.45, 7) is 4.47. The van der Waals surface area contributed by atoms with Gasteiger partial charge in [-0.25, -0.2) is 0 Å². The fraction of sp³-hybridized carbons (Fsp3) is 0.684. The largest absolute Gasteiger partial charge is 0.508 e. The van der Waals surface area contributed by atoms with Crippen LogP contribution in [0.5, 0.6) is 5.75 Å². The molecular weight excluding hydrogens is 258 g/mol. The van der Waals surface area contributed by atoms with Gasteiger partial charge < -0.3 is 10.8 Å². The predicted octanol–water partition coefficient (Wildman–Crippen LogP) is 5.49. The molecular formula is C19H33NO. The fourth-order valence-corrected chi connectivity index (χ4v) is 2.94. The van der Waals surface area contributed by atoms with E-state index in [0.29, 0.717) is 5.75 Å². The number of hydrogen-bond acceptors (Lipinski definition) is 2. The summed E-state index contributed by atoms with van der Waals surface area (Å²) in [4.78, 5) is 0. The van der Waals surface area contributed by atoms with E-state index < -0.39 is 0 Å². The average molecular weight is 291 g/mol. The van der Waals surface area contributed by atoms with Crippen molar-refractivity contribution in [2.75, 3.05) is 0 Å². The lowest BCUT2D eigenvalue weighted by Gasteiger charge is -2.30. The van der Waals surface area contributed by atoms with Crippen LogP contribution >= 0.6 is 0 Å². The minimum Gasteiger partial charge on any atom is -0.508 e. The molecule has 0 heterocycles. The van der Waals surface area contributed by atoms with Gasteiger partial charge in [-0.05, 0) is 30.5 Å². The number of benzene rings is 1. The quantitative estimate of drug-likeness (QED) is 0.530. The Kier molecular flexibility index (Phi) is 8.44. The van der Waals surface area contributed by atoms with Gasteiger partial charge in [-0.2, -0.15) is 0 Å². The van der Waals surface area contributed by atoms with Gasteiger partial charge in [-0.3, -0.25) is 0 Å². The van der Waals surface area contributed by atoms with E-state index >= 15 is 0 Å². The second-order valence-corrected chi connectivity index (χ2v) is 6.32. The molecule has 2 nitrogen and oxygen atoms in total. The Hall–Kier alpha value is -1.02. The monoisotopic (exact) mass is 291 g/mol. The van der Waals surface area contributed by atoms with Gasteiger partial charge >= 0.3 is 0 Å². The number of rotatable bonds is 11. The standard InChI is InChI=1S/C19H33NO/c1-3-5-7-9-15-19(20,16-10-8-6-4-2)17-11-13-18(21)14-12-17/h11-14,21H,3-10,15-16,20H2,1-2H3. The molecule has 2 heteroatoms. The van der Waals surface area contributed by atoms with Gasteiger partial charge in [-0.15, -0.1) is 0 Å². The molecule has 3 N–H and O–H groups in total. The maximum atomic E-state index is 9.47. The summed E-state index contributed by atoms with van der Waals surface area (Å²) in [6.07, 6.45) is 12.1. The van der Waals surface area contributed by atoms with Gasteiger partial charge in [0.2, 0.25) is 0 Å². The third-order valence-electron chi connectivity index (χ3n) is 4.40. The van der Waals surface area contributed by atoms with Crippen molar-refractivity contribution in [3.8, 4) is 5.75 Å². The number of nitrogens with two attached hydrogens (primary N) is 1. The lowest BCUT2D eigenvalue weighted by molar-refractivity contribution is 0.344. The molecule has 1 aromatic rings. The van der Waals surface area contributed by atoms with Gasteiger partial charge in [0.05, 0.1) is 0 Å². The summed E-state index contributed by atoms with van der Waals surface area (Å²) in [6, 6.07) is 7.51. The van der Waals surface area contributed by atoms with Crippen LogP contribution in [0.1, 0.15) is 83.6 Å². The first kappa shape index (κ1) is 18.0. The number of phenols is 1. The van der Waals surface area contributed by atoms with E-state index in [-0.39, 0.29) is 5.54 Å². The third-order valence-corrected chi connectivity index (χ3v) is 4.40. The van der Waals surface area contributed by atoms with Crippen molar-refractivity contribution in [2.24, 2.45) is 5.73 Å². The molecule has 0 amide bonds. The van der Waals surface area contributed by atoms with Gasteiger partial charge in [0.15, 0.2) is 0 Å². The Morgan fingerprint density at radius 1 is 0.810 bits per heavy atom. The summed E-state index contributed by atoms with van der Waals surface area (Å²) in [5.74, 6) is 0.318. The van der Waals surface area contributed by atoms with Crippen molar-refractivity contribution in [2.45, 2.75) is 83.6 Å². The molecule has 0 aliphatic heterocycles. The van der Waals surface area contributed by atoms with E-state index in [0.717, 1.165) is 12.8 Å². The second kappa shape index (κ2) is 9.83. The minimum atomic E-state index is -0.227. The van der Waals surface area contributed by atoms with Crippen LogP contribution < -0.4 is 5.73 Å². The van der Waals surface area contributed by atoms with Crippen LogP contribution in [0.25, 0.3) is 0 Å². The molecule has 1 rings (SSSR count).